The summed E-state index contributed by atoms with van der Waals surface area (Å²) < 4.78 is 5.72. The van der Waals surface area contributed by atoms with E-state index >= 15 is 0 Å². The van der Waals surface area contributed by atoms with Crippen LogP contribution in [0.25, 0.3) is 22.6 Å². The van der Waals surface area contributed by atoms with Crippen LogP contribution < -0.4 is 0 Å². The van der Waals surface area contributed by atoms with E-state index in [0.29, 0.717) is 16.5 Å². The number of fused-ring (bicyclic) bond motifs is 1. The third-order valence-electron chi connectivity index (χ3n) is 2.72. The molecule has 0 atom stereocenters. The zero-order valence-electron chi connectivity index (χ0n) is 9.27. The first-order valence-electron chi connectivity index (χ1n) is 5.37. The molecular weight excluding hydrogens is 234 g/mol. The molecule has 0 aliphatic carbocycles. The molecule has 0 bridgehead atoms. The molecule has 3 rings (SSSR count). The van der Waals surface area contributed by atoms with Crippen LogP contribution in [-0.2, 0) is 0 Å². The highest BCUT2D eigenvalue weighted by Crippen LogP contribution is 2.30. The van der Waals surface area contributed by atoms with E-state index in [9.17, 15) is 0 Å². The molecule has 0 saturated heterocycles. The molecule has 17 heavy (non-hydrogen) atoms. The Bertz CT molecular complexity index is 634. The fourth-order valence-corrected chi connectivity index (χ4v) is 2.00. The molecule has 84 valence electrons. The number of oxazole rings is 1. The topological polar surface area (TPSA) is 26.0 Å². The van der Waals surface area contributed by atoms with Gasteiger partial charge in [-0.1, -0.05) is 35.9 Å². The van der Waals surface area contributed by atoms with Crippen molar-refractivity contribution in [3.63, 3.8) is 0 Å². The first-order valence-corrected chi connectivity index (χ1v) is 5.74. The molecule has 0 N–H and O–H groups in total. The first kappa shape index (κ1) is 10.4. The number of halogens is 1. The average Bonchev–Trinajstić information content (AvgIpc) is 2.81. The molecule has 0 spiro atoms. The van der Waals surface area contributed by atoms with Crippen molar-refractivity contribution in [2.24, 2.45) is 0 Å². The number of aryl methyl sites for hydroxylation is 1. The summed E-state index contributed by atoms with van der Waals surface area (Å²) in [4.78, 5) is 4.49. The van der Waals surface area contributed by atoms with Gasteiger partial charge in [-0.2, -0.15) is 0 Å². The lowest BCUT2D eigenvalue weighted by atomic mass is 10.2. The van der Waals surface area contributed by atoms with Gasteiger partial charge in [0.15, 0.2) is 5.58 Å². The maximum atomic E-state index is 6.10. The minimum absolute atomic E-state index is 0.597. The van der Waals surface area contributed by atoms with Crippen LogP contribution in [0.1, 0.15) is 5.56 Å². The number of hydrogen-bond donors (Lipinski definition) is 0. The van der Waals surface area contributed by atoms with Gasteiger partial charge in [-0.3, -0.25) is 0 Å². The maximum absolute atomic E-state index is 6.10. The van der Waals surface area contributed by atoms with Gasteiger partial charge in [-0.05, 0) is 30.7 Å². The average molecular weight is 244 g/mol. The minimum atomic E-state index is 0.597. The van der Waals surface area contributed by atoms with E-state index in [1.807, 2.05) is 49.4 Å². The quantitative estimate of drug-likeness (QED) is 0.631. The molecule has 3 heteroatoms. The van der Waals surface area contributed by atoms with Gasteiger partial charge in [0.1, 0.15) is 5.52 Å². The zero-order valence-corrected chi connectivity index (χ0v) is 10.0. The van der Waals surface area contributed by atoms with Gasteiger partial charge in [0.05, 0.1) is 5.02 Å². The van der Waals surface area contributed by atoms with E-state index in [1.165, 1.54) is 0 Å². The molecule has 1 heterocycles. The highest BCUT2D eigenvalue weighted by molar-refractivity contribution is 6.34. The van der Waals surface area contributed by atoms with Gasteiger partial charge in [0.2, 0.25) is 5.89 Å². The standard InChI is InChI=1S/C14H10ClNO/c1-9-7-8-11(15)13-12(9)16-14(17-13)10-5-3-2-4-6-10/h2-8H,1H3. The van der Waals surface area contributed by atoms with Crippen LogP contribution in [-0.4, -0.2) is 4.98 Å². The number of hydrogen-bond acceptors (Lipinski definition) is 2. The van der Waals surface area contributed by atoms with Crippen molar-refractivity contribution in [2.75, 3.05) is 0 Å². The van der Waals surface area contributed by atoms with Crippen molar-refractivity contribution in [1.82, 2.24) is 4.98 Å². The second-order valence-corrected chi connectivity index (χ2v) is 4.33. The van der Waals surface area contributed by atoms with Crippen LogP contribution in [0.2, 0.25) is 5.02 Å². The number of nitrogens with zero attached hydrogens (tertiary/aromatic N) is 1. The summed E-state index contributed by atoms with van der Waals surface area (Å²) in [6, 6.07) is 13.6. The van der Waals surface area contributed by atoms with E-state index in [1.54, 1.807) is 0 Å². The second kappa shape index (κ2) is 3.90. The number of rotatable bonds is 1. The van der Waals surface area contributed by atoms with Gasteiger partial charge in [-0.15, -0.1) is 0 Å². The van der Waals surface area contributed by atoms with Gasteiger partial charge >= 0.3 is 0 Å². The van der Waals surface area contributed by atoms with Gasteiger partial charge < -0.3 is 4.42 Å². The Hall–Kier alpha value is -1.80. The monoisotopic (exact) mass is 243 g/mol. The van der Waals surface area contributed by atoms with Crippen LogP contribution in [0.3, 0.4) is 0 Å². The molecule has 2 nitrogen and oxygen atoms in total. The highest BCUT2D eigenvalue weighted by atomic mass is 35.5. The highest BCUT2D eigenvalue weighted by Gasteiger charge is 2.12. The zero-order chi connectivity index (χ0) is 11.8. The van der Waals surface area contributed by atoms with Crippen molar-refractivity contribution in [3.05, 3.63) is 53.1 Å². The lowest BCUT2D eigenvalue weighted by Gasteiger charge is -1.93. The van der Waals surface area contributed by atoms with Crippen LogP contribution in [0.4, 0.5) is 0 Å². The van der Waals surface area contributed by atoms with E-state index in [-0.39, 0.29) is 0 Å². The molecule has 3 aromatic rings. The Balaban J connectivity index is 2.27. The summed E-state index contributed by atoms with van der Waals surface area (Å²) in [6.45, 7) is 2.00. The second-order valence-electron chi connectivity index (χ2n) is 3.93. The van der Waals surface area contributed by atoms with E-state index in [2.05, 4.69) is 4.98 Å². The summed E-state index contributed by atoms with van der Waals surface area (Å²) in [5.74, 6) is 0.608. The lowest BCUT2D eigenvalue weighted by molar-refractivity contribution is 0.620. The normalized spacial score (nSPS) is 10.9. The molecule has 0 aliphatic rings. The third kappa shape index (κ3) is 1.71. The largest absolute Gasteiger partial charge is 0.435 e. The van der Waals surface area contributed by atoms with E-state index < -0.39 is 0 Å². The SMILES string of the molecule is Cc1ccc(Cl)c2oc(-c3ccccc3)nc12. The van der Waals surface area contributed by atoms with Crippen molar-refractivity contribution >= 4 is 22.7 Å². The van der Waals surface area contributed by atoms with Gasteiger partial charge in [-0.25, -0.2) is 4.98 Å². The molecular formula is C14H10ClNO. The molecule has 0 aliphatic heterocycles. The molecule has 2 aromatic carbocycles. The minimum Gasteiger partial charge on any atom is -0.435 e. The van der Waals surface area contributed by atoms with Crippen molar-refractivity contribution in [2.45, 2.75) is 6.92 Å². The molecule has 0 saturated carbocycles. The Morgan fingerprint density at radius 3 is 2.53 bits per heavy atom. The maximum Gasteiger partial charge on any atom is 0.227 e. The van der Waals surface area contributed by atoms with Crippen molar-refractivity contribution in [3.8, 4) is 11.5 Å². The summed E-state index contributed by atoms with van der Waals surface area (Å²) >= 11 is 6.10. The Labute approximate surface area is 104 Å². The van der Waals surface area contributed by atoms with Crippen molar-refractivity contribution < 1.29 is 4.42 Å². The summed E-state index contributed by atoms with van der Waals surface area (Å²) in [5, 5.41) is 0.597. The molecule has 0 unspecified atom stereocenters. The van der Waals surface area contributed by atoms with Gasteiger partial charge in [0, 0.05) is 5.56 Å². The Kier molecular flexibility index (Phi) is 2.37. The van der Waals surface area contributed by atoms with Crippen molar-refractivity contribution in [1.29, 1.82) is 0 Å². The van der Waals surface area contributed by atoms with Crippen LogP contribution in [0.5, 0.6) is 0 Å². The molecule has 0 radical (unpaired) electrons. The van der Waals surface area contributed by atoms with Crippen LogP contribution in [0, 0.1) is 6.92 Å². The molecule has 1 aromatic heterocycles. The number of aromatic nitrogens is 1. The summed E-state index contributed by atoms with van der Waals surface area (Å²) in [5.41, 5.74) is 3.51. The molecule has 0 amide bonds. The summed E-state index contributed by atoms with van der Waals surface area (Å²) in [6.07, 6.45) is 0. The van der Waals surface area contributed by atoms with Gasteiger partial charge in [0.25, 0.3) is 0 Å². The van der Waals surface area contributed by atoms with E-state index in [4.69, 9.17) is 16.0 Å². The predicted molar refractivity (Wildman–Crippen MR) is 69.2 cm³/mol. The first-order chi connectivity index (χ1) is 8.25. The number of benzene rings is 2. The Morgan fingerprint density at radius 1 is 1.06 bits per heavy atom. The third-order valence-corrected chi connectivity index (χ3v) is 3.02. The van der Waals surface area contributed by atoms with Crippen LogP contribution in [0.15, 0.2) is 46.9 Å². The fourth-order valence-electron chi connectivity index (χ4n) is 1.81. The van der Waals surface area contributed by atoms with Crippen LogP contribution >= 0.6 is 11.6 Å². The fraction of sp³-hybridized carbons (Fsp3) is 0.0714. The summed E-state index contributed by atoms with van der Waals surface area (Å²) in [7, 11) is 0. The predicted octanol–water partition coefficient (Wildman–Crippen LogP) is 4.46. The molecule has 0 fully saturated rings. The smallest absolute Gasteiger partial charge is 0.227 e. The Morgan fingerprint density at radius 2 is 1.82 bits per heavy atom. The van der Waals surface area contributed by atoms with E-state index in [0.717, 1.165) is 16.6 Å². The lowest BCUT2D eigenvalue weighted by Crippen LogP contribution is -1.77.